The third-order valence-corrected chi connectivity index (χ3v) is 2.95. The Morgan fingerprint density at radius 2 is 1.82 bits per heavy atom. The van der Waals surface area contributed by atoms with Crippen LogP contribution in [0.1, 0.15) is 12.5 Å². The van der Waals surface area contributed by atoms with Crippen molar-refractivity contribution in [3.63, 3.8) is 0 Å². The van der Waals surface area contributed by atoms with Crippen LogP contribution in [0.5, 0.6) is 5.75 Å². The lowest BCUT2D eigenvalue weighted by molar-refractivity contribution is -0.126. The minimum atomic E-state index is -0.693. The monoisotopic (exact) mass is 298 g/mol. The molecule has 0 fully saturated rings. The van der Waals surface area contributed by atoms with Gasteiger partial charge in [-0.15, -0.1) is 0 Å². The maximum Gasteiger partial charge on any atom is 0.267 e. The first-order chi connectivity index (χ1) is 10.7. The summed E-state index contributed by atoms with van der Waals surface area (Å²) in [7, 11) is 1.59. The first-order valence-corrected chi connectivity index (χ1v) is 6.88. The number of benzene rings is 2. The van der Waals surface area contributed by atoms with Gasteiger partial charge in [0.2, 0.25) is 6.10 Å². The molecule has 2 aromatic rings. The van der Waals surface area contributed by atoms with Gasteiger partial charge in [0.15, 0.2) is 0 Å². The van der Waals surface area contributed by atoms with E-state index < -0.39 is 6.10 Å². The fraction of sp³-hybridized carbons (Fsp3) is 0.176. The predicted octanol–water partition coefficient (Wildman–Crippen LogP) is 3.07. The molecule has 0 aliphatic carbocycles. The van der Waals surface area contributed by atoms with E-state index in [9.17, 15) is 4.79 Å². The lowest BCUT2D eigenvalue weighted by Gasteiger charge is -2.10. The largest absolute Gasteiger partial charge is 0.497 e. The summed E-state index contributed by atoms with van der Waals surface area (Å²) in [6, 6.07) is 16.6. The fourth-order valence-electron chi connectivity index (χ4n) is 1.69. The van der Waals surface area contributed by atoms with Crippen molar-refractivity contribution in [2.24, 2.45) is 5.16 Å². The third-order valence-electron chi connectivity index (χ3n) is 2.95. The molecule has 0 saturated heterocycles. The Labute approximate surface area is 129 Å². The van der Waals surface area contributed by atoms with E-state index in [-0.39, 0.29) is 5.91 Å². The van der Waals surface area contributed by atoms with Crippen LogP contribution in [-0.4, -0.2) is 25.3 Å². The third kappa shape index (κ3) is 4.63. The highest BCUT2D eigenvalue weighted by molar-refractivity contribution is 5.94. The molecule has 2 rings (SSSR count). The molecule has 1 N–H and O–H groups in total. The number of carbonyl (C=O) groups excluding carboxylic acids is 1. The maximum absolute atomic E-state index is 12.0. The molecule has 1 atom stereocenters. The van der Waals surface area contributed by atoms with Crippen molar-refractivity contribution >= 4 is 17.8 Å². The molecule has 22 heavy (non-hydrogen) atoms. The molecule has 0 aliphatic rings. The summed E-state index contributed by atoms with van der Waals surface area (Å²) in [5.41, 5.74) is 1.58. The highest BCUT2D eigenvalue weighted by atomic mass is 16.6. The van der Waals surface area contributed by atoms with Crippen LogP contribution in [0.15, 0.2) is 59.8 Å². The summed E-state index contributed by atoms with van der Waals surface area (Å²) in [4.78, 5) is 17.1. The number of methoxy groups -OCH3 is 1. The summed E-state index contributed by atoms with van der Waals surface area (Å²) in [6.07, 6.45) is 0.874. The highest BCUT2D eigenvalue weighted by Crippen LogP contribution is 2.15. The summed E-state index contributed by atoms with van der Waals surface area (Å²) in [5.74, 6) is 0.463. The summed E-state index contributed by atoms with van der Waals surface area (Å²) in [5, 5.41) is 6.57. The van der Waals surface area contributed by atoms with E-state index in [1.165, 1.54) is 0 Å². The molecule has 0 aromatic heterocycles. The number of anilines is 1. The Morgan fingerprint density at radius 1 is 1.14 bits per heavy atom. The van der Waals surface area contributed by atoms with Crippen LogP contribution in [0.4, 0.5) is 5.69 Å². The normalized spacial score (nSPS) is 11.9. The molecule has 2 aromatic carbocycles. The van der Waals surface area contributed by atoms with Gasteiger partial charge in [0.05, 0.1) is 13.3 Å². The van der Waals surface area contributed by atoms with Crippen molar-refractivity contribution in [3.8, 4) is 5.75 Å². The summed E-state index contributed by atoms with van der Waals surface area (Å²) < 4.78 is 5.06. The average Bonchev–Trinajstić information content (AvgIpc) is 2.56. The van der Waals surface area contributed by atoms with E-state index in [0.717, 1.165) is 11.3 Å². The van der Waals surface area contributed by atoms with Crippen molar-refractivity contribution in [1.82, 2.24) is 0 Å². The second-order valence-corrected chi connectivity index (χ2v) is 4.61. The molecule has 114 valence electrons. The Kier molecular flexibility index (Phi) is 5.54. The molecule has 0 heterocycles. The van der Waals surface area contributed by atoms with Crippen LogP contribution in [0, 0.1) is 0 Å². The topological polar surface area (TPSA) is 59.9 Å². The van der Waals surface area contributed by atoms with Crippen LogP contribution < -0.4 is 10.1 Å². The number of hydrogen-bond donors (Lipinski definition) is 1. The minimum absolute atomic E-state index is 0.268. The number of ether oxygens (including phenoxy) is 1. The van der Waals surface area contributed by atoms with Crippen LogP contribution in [0.3, 0.4) is 0 Å². The van der Waals surface area contributed by atoms with Crippen molar-refractivity contribution in [2.75, 3.05) is 12.4 Å². The van der Waals surface area contributed by atoms with Gasteiger partial charge in [0.25, 0.3) is 5.91 Å². The van der Waals surface area contributed by atoms with Gasteiger partial charge < -0.3 is 14.9 Å². The van der Waals surface area contributed by atoms with Gasteiger partial charge in [-0.25, -0.2) is 0 Å². The zero-order chi connectivity index (χ0) is 15.8. The number of nitrogens with zero attached hydrogens (tertiary/aromatic N) is 1. The molecule has 0 saturated carbocycles. The molecule has 0 radical (unpaired) electrons. The molecule has 5 heteroatoms. The SMILES string of the molecule is COc1ccc(NC(=O)C(C)O/N=C/c2ccccc2)cc1. The van der Waals surface area contributed by atoms with Crippen molar-refractivity contribution in [1.29, 1.82) is 0 Å². The van der Waals surface area contributed by atoms with Crippen LogP contribution >= 0.6 is 0 Å². The maximum atomic E-state index is 12.0. The smallest absolute Gasteiger partial charge is 0.267 e. The molecule has 5 nitrogen and oxygen atoms in total. The number of amides is 1. The predicted molar refractivity (Wildman–Crippen MR) is 86.2 cm³/mol. The van der Waals surface area contributed by atoms with Gasteiger partial charge in [0.1, 0.15) is 5.75 Å². The average molecular weight is 298 g/mol. The Bertz CT molecular complexity index is 624. The lowest BCUT2D eigenvalue weighted by atomic mass is 10.2. The van der Waals surface area contributed by atoms with Crippen molar-refractivity contribution in [2.45, 2.75) is 13.0 Å². The van der Waals surface area contributed by atoms with E-state index in [4.69, 9.17) is 9.57 Å². The first-order valence-electron chi connectivity index (χ1n) is 6.88. The van der Waals surface area contributed by atoms with Crippen LogP contribution in [-0.2, 0) is 9.63 Å². The molecule has 0 spiro atoms. The van der Waals surface area contributed by atoms with E-state index in [2.05, 4.69) is 10.5 Å². The molecular weight excluding hydrogens is 280 g/mol. The lowest BCUT2D eigenvalue weighted by Crippen LogP contribution is -2.26. The van der Waals surface area contributed by atoms with Gasteiger partial charge in [-0.05, 0) is 36.8 Å². The number of carbonyl (C=O) groups is 1. The van der Waals surface area contributed by atoms with Gasteiger partial charge in [-0.1, -0.05) is 35.5 Å². The van der Waals surface area contributed by atoms with Gasteiger partial charge >= 0.3 is 0 Å². The van der Waals surface area contributed by atoms with Crippen LogP contribution in [0.25, 0.3) is 0 Å². The van der Waals surface area contributed by atoms with Gasteiger partial charge in [-0.3, -0.25) is 4.79 Å². The van der Waals surface area contributed by atoms with E-state index in [1.54, 1.807) is 44.5 Å². The number of oxime groups is 1. The first kappa shape index (κ1) is 15.6. The minimum Gasteiger partial charge on any atom is -0.497 e. The van der Waals surface area contributed by atoms with Crippen LogP contribution in [0.2, 0.25) is 0 Å². The highest BCUT2D eigenvalue weighted by Gasteiger charge is 2.14. The van der Waals surface area contributed by atoms with E-state index >= 15 is 0 Å². The van der Waals surface area contributed by atoms with Gasteiger partial charge in [0, 0.05) is 5.69 Å². The number of hydrogen-bond acceptors (Lipinski definition) is 4. The second kappa shape index (κ2) is 7.83. The zero-order valence-electron chi connectivity index (χ0n) is 12.5. The molecule has 0 bridgehead atoms. The zero-order valence-corrected chi connectivity index (χ0v) is 12.5. The number of nitrogens with one attached hydrogen (secondary N) is 1. The van der Waals surface area contributed by atoms with Crippen molar-refractivity contribution in [3.05, 3.63) is 60.2 Å². The summed E-state index contributed by atoms with van der Waals surface area (Å²) in [6.45, 7) is 1.64. The Hall–Kier alpha value is -2.82. The van der Waals surface area contributed by atoms with Gasteiger partial charge in [-0.2, -0.15) is 0 Å². The summed E-state index contributed by atoms with van der Waals surface area (Å²) >= 11 is 0. The molecular formula is C17H18N2O3. The van der Waals surface area contributed by atoms with E-state index in [0.29, 0.717) is 5.69 Å². The molecule has 1 unspecified atom stereocenters. The molecule has 0 aliphatic heterocycles. The molecule has 1 amide bonds. The second-order valence-electron chi connectivity index (χ2n) is 4.61. The van der Waals surface area contributed by atoms with Crippen molar-refractivity contribution < 1.29 is 14.4 Å². The number of rotatable bonds is 6. The van der Waals surface area contributed by atoms with E-state index in [1.807, 2.05) is 30.3 Å². The quantitative estimate of drug-likeness (QED) is 0.658. The fourth-order valence-corrected chi connectivity index (χ4v) is 1.69. The Balaban J connectivity index is 1.85. The standard InChI is InChI=1S/C17H18N2O3/c1-13(22-18-12-14-6-4-3-5-7-14)17(20)19-15-8-10-16(21-2)11-9-15/h3-13H,1-2H3,(H,19,20)/b18-12+. The Morgan fingerprint density at radius 3 is 2.45 bits per heavy atom.